The molecule has 2 heterocycles. The smallest absolute Gasteiger partial charge is 0.338 e. The van der Waals surface area contributed by atoms with Gasteiger partial charge in [0, 0.05) is 6.92 Å². The molecule has 0 N–H and O–H groups in total. The number of hydrogen-bond donors (Lipinski definition) is 0. The molecule has 0 spiro atoms. The highest BCUT2D eigenvalue weighted by molar-refractivity contribution is 5.89. The van der Waals surface area contributed by atoms with Gasteiger partial charge in [0.2, 0.25) is 11.7 Å². The van der Waals surface area contributed by atoms with Gasteiger partial charge in [-0.3, -0.25) is 0 Å². The van der Waals surface area contributed by atoms with Gasteiger partial charge in [-0.05, 0) is 31.2 Å². The second kappa shape index (κ2) is 6.90. The minimum Gasteiger partial charge on any atom is -0.485 e. The standard InChI is InChI=1S/C15H14N4O5/c1-9-16-14(24-18-9)8-22-15(20)11-3-5-12(6-4-11)21-7-13-17-10(2)23-19-13/h3-6H,7-8H2,1-2H3. The van der Waals surface area contributed by atoms with Gasteiger partial charge in [0.15, 0.2) is 19.0 Å². The van der Waals surface area contributed by atoms with Gasteiger partial charge in [0.1, 0.15) is 5.75 Å². The molecular formula is C15H14N4O5. The SMILES string of the molecule is Cc1noc(COC(=O)c2ccc(OCc3noc(C)n3)cc2)n1. The molecule has 24 heavy (non-hydrogen) atoms. The average Bonchev–Trinajstić information content (AvgIpc) is 3.19. The van der Waals surface area contributed by atoms with Crippen LogP contribution in [0, 0.1) is 13.8 Å². The summed E-state index contributed by atoms with van der Waals surface area (Å²) in [7, 11) is 0. The fourth-order valence-corrected chi connectivity index (χ4v) is 1.84. The van der Waals surface area contributed by atoms with Crippen LogP contribution in [0.5, 0.6) is 5.75 Å². The van der Waals surface area contributed by atoms with Crippen molar-refractivity contribution in [3.8, 4) is 5.75 Å². The third-order valence-corrected chi connectivity index (χ3v) is 2.92. The van der Waals surface area contributed by atoms with Crippen LogP contribution in [0.2, 0.25) is 0 Å². The Balaban J connectivity index is 1.52. The predicted octanol–water partition coefficient (Wildman–Crippen LogP) is 2.01. The lowest BCUT2D eigenvalue weighted by atomic mass is 10.2. The molecule has 9 nitrogen and oxygen atoms in total. The molecule has 124 valence electrons. The van der Waals surface area contributed by atoms with Gasteiger partial charge in [-0.15, -0.1) is 0 Å². The number of hydrogen-bond acceptors (Lipinski definition) is 9. The Kier molecular flexibility index (Phi) is 4.50. The van der Waals surface area contributed by atoms with E-state index >= 15 is 0 Å². The van der Waals surface area contributed by atoms with Gasteiger partial charge in [0.25, 0.3) is 5.89 Å². The summed E-state index contributed by atoms with van der Waals surface area (Å²) in [6.45, 7) is 3.49. The summed E-state index contributed by atoms with van der Waals surface area (Å²) >= 11 is 0. The lowest BCUT2D eigenvalue weighted by Gasteiger charge is -2.05. The van der Waals surface area contributed by atoms with Crippen molar-refractivity contribution in [3.05, 3.63) is 53.3 Å². The zero-order valence-corrected chi connectivity index (χ0v) is 13.1. The van der Waals surface area contributed by atoms with Crippen molar-refractivity contribution >= 4 is 5.97 Å². The van der Waals surface area contributed by atoms with Crippen LogP contribution < -0.4 is 4.74 Å². The molecule has 9 heteroatoms. The largest absolute Gasteiger partial charge is 0.485 e. The molecule has 0 amide bonds. The van der Waals surface area contributed by atoms with E-state index in [1.165, 1.54) is 0 Å². The van der Waals surface area contributed by atoms with Crippen LogP contribution in [-0.2, 0) is 18.0 Å². The number of carbonyl (C=O) groups is 1. The maximum atomic E-state index is 11.9. The van der Waals surface area contributed by atoms with Crippen LogP contribution in [0.4, 0.5) is 0 Å². The van der Waals surface area contributed by atoms with Crippen LogP contribution in [0.15, 0.2) is 33.3 Å². The van der Waals surface area contributed by atoms with Crippen LogP contribution >= 0.6 is 0 Å². The average molecular weight is 330 g/mol. The summed E-state index contributed by atoms with van der Waals surface area (Å²) in [5.41, 5.74) is 0.383. The van der Waals surface area contributed by atoms with Gasteiger partial charge in [-0.25, -0.2) is 4.79 Å². The normalized spacial score (nSPS) is 10.6. The lowest BCUT2D eigenvalue weighted by Crippen LogP contribution is -2.05. The van der Waals surface area contributed by atoms with Crippen molar-refractivity contribution in [1.29, 1.82) is 0 Å². The Morgan fingerprint density at radius 2 is 1.83 bits per heavy atom. The van der Waals surface area contributed by atoms with E-state index in [0.29, 0.717) is 28.9 Å². The summed E-state index contributed by atoms with van der Waals surface area (Å²) in [4.78, 5) is 19.9. The van der Waals surface area contributed by atoms with Crippen molar-refractivity contribution in [1.82, 2.24) is 20.3 Å². The Morgan fingerprint density at radius 3 is 2.46 bits per heavy atom. The van der Waals surface area contributed by atoms with E-state index in [4.69, 9.17) is 18.5 Å². The van der Waals surface area contributed by atoms with Crippen LogP contribution in [-0.4, -0.2) is 26.3 Å². The van der Waals surface area contributed by atoms with Crippen molar-refractivity contribution in [3.63, 3.8) is 0 Å². The van der Waals surface area contributed by atoms with E-state index < -0.39 is 5.97 Å². The van der Waals surface area contributed by atoms with E-state index in [9.17, 15) is 4.79 Å². The fraction of sp³-hybridized carbons (Fsp3) is 0.267. The second-order valence-electron chi connectivity index (χ2n) is 4.85. The van der Waals surface area contributed by atoms with E-state index in [-0.39, 0.29) is 19.1 Å². The van der Waals surface area contributed by atoms with Crippen LogP contribution in [0.25, 0.3) is 0 Å². The molecule has 0 aliphatic carbocycles. The molecule has 0 unspecified atom stereocenters. The molecule has 0 bridgehead atoms. The van der Waals surface area contributed by atoms with Crippen molar-refractivity contribution in [2.24, 2.45) is 0 Å². The molecule has 0 fully saturated rings. The van der Waals surface area contributed by atoms with Gasteiger partial charge in [-0.1, -0.05) is 10.3 Å². The summed E-state index contributed by atoms with van der Waals surface area (Å²) < 4.78 is 20.3. The first kappa shape index (κ1) is 15.7. The highest BCUT2D eigenvalue weighted by Crippen LogP contribution is 2.15. The number of benzene rings is 1. The van der Waals surface area contributed by atoms with Crippen molar-refractivity contribution in [2.75, 3.05) is 0 Å². The first-order chi connectivity index (χ1) is 11.6. The Bertz CT molecular complexity index is 825. The Labute approximate surface area is 136 Å². The van der Waals surface area contributed by atoms with Gasteiger partial charge < -0.3 is 18.5 Å². The molecule has 2 aromatic heterocycles. The minimum absolute atomic E-state index is 0.0743. The summed E-state index contributed by atoms with van der Waals surface area (Å²) in [5.74, 6) is 1.73. The summed E-state index contributed by atoms with van der Waals surface area (Å²) in [5, 5.41) is 7.34. The van der Waals surface area contributed by atoms with E-state index in [1.54, 1.807) is 38.1 Å². The van der Waals surface area contributed by atoms with E-state index in [1.807, 2.05) is 0 Å². The molecule has 1 aromatic carbocycles. The topological polar surface area (TPSA) is 113 Å². The third kappa shape index (κ3) is 3.94. The molecule has 0 atom stereocenters. The number of aryl methyl sites for hydroxylation is 2. The Hall–Kier alpha value is -3.23. The van der Waals surface area contributed by atoms with E-state index in [2.05, 4.69) is 20.3 Å². The zero-order chi connectivity index (χ0) is 16.9. The number of carbonyl (C=O) groups excluding carboxylic acids is 1. The number of ether oxygens (including phenoxy) is 2. The molecular weight excluding hydrogens is 316 g/mol. The first-order valence-corrected chi connectivity index (χ1v) is 7.08. The molecule has 0 aliphatic heterocycles. The number of rotatable bonds is 6. The predicted molar refractivity (Wildman–Crippen MR) is 78.0 cm³/mol. The van der Waals surface area contributed by atoms with Crippen molar-refractivity contribution < 1.29 is 23.3 Å². The number of esters is 1. The number of aromatic nitrogens is 4. The monoisotopic (exact) mass is 330 g/mol. The summed E-state index contributed by atoms with van der Waals surface area (Å²) in [6, 6.07) is 6.50. The molecule has 3 aromatic rings. The van der Waals surface area contributed by atoms with Gasteiger partial charge >= 0.3 is 5.97 Å². The number of nitrogens with zero attached hydrogens (tertiary/aromatic N) is 4. The highest BCUT2D eigenvalue weighted by atomic mass is 16.6. The maximum absolute atomic E-state index is 11.9. The lowest BCUT2D eigenvalue weighted by molar-refractivity contribution is 0.0430. The minimum atomic E-state index is -0.494. The van der Waals surface area contributed by atoms with Gasteiger partial charge in [-0.2, -0.15) is 9.97 Å². The third-order valence-electron chi connectivity index (χ3n) is 2.92. The maximum Gasteiger partial charge on any atom is 0.338 e. The van der Waals surface area contributed by atoms with Crippen molar-refractivity contribution in [2.45, 2.75) is 27.1 Å². The molecule has 0 radical (unpaired) electrons. The Morgan fingerprint density at radius 1 is 1.04 bits per heavy atom. The fourth-order valence-electron chi connectivity index (χ4n) is 1.84. The molecule has 0 saturated carbocycles. The summed E-state index contributed by atoms with van der Waals surface area (Å²) in [6.07, 6.45) is 0. The quantitative estimate of drug-likeness (QED) is 0.626. The molecule has 0 saturated heterocycles. The van der Waals surface area contributed by atoms with E-state index in [0.717, 1.165) is 0 Å². The van der Waals surface area contributed by atoms with Crippen LogP contribution in [0.3, 0.4) is 0 Å². The highest BCUT2D eigenvalue weighted by Gasteiger charge is 2.11. The molecule has 0 aliphatic rings. The second-order valence-corrected chi connectivity index (χ2v) is 4.85. The van der Waals surface area contributed by atoms with Gasteiger partial charge in [0.05, 0.1) is 5.56 Å². The molecule has 3 rings (SSSR count). The first-order valence-electron chi connectivity index (χ1n) is 7.08. The zero-order valence-electron chi connectivity index (χ0n) is 13.1. The van der Waals surface area contributed by atoms with Crippen LogP contribution in [0.1, 0.15) is 33.8 Å².